The highest BCUT2D eigenvalue weighted by Gasteiger charge is 2.28. The number of sulfone groups is 1. The van der Waals surface area contributed by atoms with Crippen LogP contribution in [-0.4, -0.2) is 44.3 Å². The molecule has 0 bridgehead atoms. The molecule has 0 aromatic heterocycles. The van der Waals surface area contributed by atoms with Crippen LogP contribution in [0.25, 0.3) is 0 Å². The van der Waals surface area contributed by atoms with E-state index in [0.717, 1.165) is 6.42 Å². The fourth-order valence-corrected chi connectivity index (χ4v) is 4.21. The van der Waals surface area contributed by atoms with E-state index in [2.05, 4.69) is 5.32 Å². The Morgan fingerprint density at radius 3 is 2.50 bits per heavy atom. The van der Waals surface area contributed by atoms with Crippen molar-refractivity contribution in [2.24, 2.45) is 0 Å². The zero-order valence-corrected chi connectivity index (χ0v) is 14.6. The Kier molecular flexibility index (Phi) is 6.36. The summed E-state index contributed by atoms with van der Waals surface area (Å²) in [5, 5.41) is 2.68. The minimum Gasteiger partial charge on any atom is -0.494 e. The standard InChI is InChI=1S/C17H23NO5S/c1-2-10-23-15-5-3-13(4-6-15)16(19)7-8-17(20)18-14-9-11-24(21,22)12-14/h3-6,14H,2,7-12H2,1H3,(H,18,20)/t14-/m1/s1. The van der Waals surface area contributed by atoms with E-state index in [1.54, 1.807) is 24.3 Å². The molecule has 1 aromatic rings. The molecule has 1 fully saturated rings. The lowest BCUT2D eigenvalue weighted by Crippen LogP contribution is -2.35. The number of ketones is 1. The van der Waals surface area contributed by atoms with Gasteiger partial charge in [0.15, 0.2) is 15.6 Å². The van der Waals surface area contributed by atoms with Crippen molar-refractivity contribution < 1.29 is 22.7 Å². The van der Waals surface area contributed by atoms with Crippen LogP contribution in [0.1, 0.15) is 43.0 Å². The molecule has 0 saturated carbocycles. The van der Waals surface area contributed by atoms with Crippen LogP contribution in [0.15, 0.2) is 24.3 Å². The van der Waals surface area contributed by atoms with E-state index in [9.17, 15) is 18.0 Å². The number of benzene rings is 1. The molecule has 1 aliphatic heterocycles. The summed E-state index contributed by atoms with van der Waals surface area (Å²) in [4.78, 5) is 23.9. The number of hydrogen-bond acceptors (Lipinski definition) is 5. The smallest absolute Gasteiger partial charge is 0.220 e. The van der Waals surface area contributed by atoms with E-state index in [4.69, 9.17) is 4.74 Å². The number of carbonyl (C=O) groups excluding carboxylic acids is 2. The molecule has 1 atom stereocenters. The van der Waals surface area contributed by atoms with Gasteiger partial charge in [0.05, 0.1) is 18.1 Å². The summed E-state index contributed by atoms with van der Waals surface area (Å²) in [6.45, 7) is 2.65. The Bertz CT molecular complexity index is 681. The molecule has 1 saturated heterocycles. The van der Waals surface area contributed by atoms with Gasteiger partial charge in [-0.1, -0.05) is 6.92 Å². The number of rotatable bonds is 8. The Labute approximate surface area is 142 Å². The molecule has 0 spiro atoms. The number of ether oxygens (including phenoxy) is 1. The molecule has 7 heteroatoms. The summed E-state index contributed by atoms with van der Waals surface area (Å²) in [5.74, 6) is 0.420. The Morgan fingerprint density at radius 1 is 1.21 bits per heavy atom. The number of carbonyl (C=O) groups is 2. The third-order valence-electron chi connectivity index (χ3n) is 3.83. The second kappa shape index (κ2) is 8.28. The van der Waals surface area contributed by atoms with Crippen molar-refractivity contribution in [3.05, 3.63) is 29.8 Å². The molecule has 6 nitrogen and oxygen atoms in total. The molecule has 0 aliphatic carbocycles. The fourth-order valence-electron chi connectivity index (χ4n) is 2.54. The SMILES string of the molecule is CCCOc1ccc(C(=O)CCC(=O)N[C@@H]2CCS(=O)(=O)C2)cc1. The first-order valence-corrected chi connectivity index (χ1v) is 9.97. The largest absolute Gasteiger partial charge is 0.494 e. The Balaban J connectivity index is 1.77. The molecule has 1 aromatic carbocycles. The monoisotopic (exact) mass is 353 g/mol. The average molecular weight is 353 g/mol. The average Bonchev–Trinajstić information content (AvgIpc) is 2.89. The van der Waals surface area contributed by atoms with Crippen LogP contribution in [0.2, 0.25) is 0 Å². The van der Waals surface area contributed by atoms with Gasteiger partial charge in [-0.3, -0.25) is 9.59 Å². The highest BCUT2D eigenvalue weighted by Crippen LogP contribution is 2.15. The molecule has 24 heavy (non-hydrogen) atoms. The molecule has 0 unspecified atom stereocenters. The van der Waals surface area contributed by atoms with E-state index >= 15 is 0 Å². The maximum Gasteiger partial charge on any atom is 0.220 e. The van der Waals surface area contributed by atoms with Crippen LogP contribution >= 0.6 is 0 Å². The first-order chi connectivity index (χ1) is 11.4. The van der Waals surface area contributed by atoms with Crippen LogP contribution in [0.3, 0.4) is 0 Å². The highest BCUT2D eigenvalue weighted by molar-refractivity contribution is 7.91. The van der Waals surface area contributed by atoms with E-state index in [1.165, 1.54) is 0 Å². The van der Waals surface area contributed by atoms with Crippen molar-refractivity contribution in [2.75, 3.05) is 18.1 Å². The minimum atomic E-state index is -3.02. The van der Waals surface area contributed by atoms with Crippen molar-refractivity contribution in [1.29, 1.82) is 0 Å². The molecular formula is C17H23NO5S. The summed E-state index contributed by atoms with van der Waals surface area (Å²) >= 11 is 0. The third kappa shape index (κ3) is 5.63. The molecule has 0 radical (unpaired) electrons. The lowest BCUT2D eigenvalue weighted by atomic mass is 10.1. The number of amides is 1. The van der Waals surface area contributed by atoms with Crippen molar-refractivity contribution >= 4 is 21.5 Å². The predicted octanol–water partition coefficient (Wildman–Crippen LogP) is 1.74. The van der Waals surface area contributed by atoms with Gasteiger partial charge in [0.25, 0.3) is 0 Å². The molecule has 1 amide bonds. The first-order valence-electron chi connectivity index (χ1n) is 8.15. The summed E-state index contributed by atoms with van der Waals surface area (Å²) in [6, 6.07) is 6.54. The highest BCUT2D eigenvalue weighted by atomic mass is 32.2. The van der Waals surface area contributed by atoms with Crippen LogP contribution < -0.4 is 10.1 Å². The molecule has 1 aliphatic rings. The third-order valence-corrected chi connectivity index (χ3v) is 5.59. The van der Waals surface area contributed by atoms with Gasteiger partial charge in [0.1, 0.15) is 5.75 Å². The van der Waals surface area contributed by atoms with Gasteiger partial charge < -0.3 is 10.1 Å². The first kappa shape index (κ1) is 18.4. The second-order valence-corrected chi connectivity index (χ2v) is 8.19. The second-order valence-electron chi connectivity index (χ2n) is 5.96. The van der Waals surface area contributed by atoms with Gasteiger partial charge in [0.2, 0.25) is 5.91 Å². The van der Waals surface area contributed by atoms with Crippen LogP contribution in [0.5, 0.6) is 5.75 Å². The van der Waals surface area contributed by atoms with E-state index < -0.39 is 9.84 Å². The molecule has 132 valence electrons. The quantitative estimate of drug-likeness (QED) is 0.719. The van der Waals surface area contributed by atoms with Crippen LogP contribution in [0.4, 0.5) is 0 Å². The molecule has 1 N–H and O–H groups in total. The molecule has 2 rings (SSSR count). The summed E-state index contributed by atoms with van der Waals surface area (Å²) in [7, 11) is -3.02. The van der Waals surface area contributed by atoms with Crippen molar-refractivity contribution in [3.8, 4) is 5.75 Å². The fraction of sp³-hybridized carbons (Fsp3) is 0.529. The maximum atomic E-state index is 12.1. The van der Waals surface area contributed by atoms with E-state index in [0.29, 0.717) is 24.3 Å². The van der Waals surface area contributed by atoms with Gasteiger partial charge in [-0.05, 0) is 37.1 Å². The van der Waals surface area contributed by atoms with Crippen molar-refractivity contribution in [1.82, 2.24) is 5.32 Å². The Morgan fingerprint density at radius 2 is 1.92 bits per heavy atom. The van der Waals surface area contributed by atoms with Gasteiger partial charge in [-0.2, -0.15) is 0 Å². The van der Waals surface area contributed by atoms with Crippen LogP contribution in [0, 0.1) is 0 Å². The van der Waals surface area contributed by atoms with Gasteiger partial charge in [0, 0.05) is 24.4 Å². The number of Topliss-reactive ketones (excluding diaryl/α,β-unsaturated/α-hetero) is 1. The molecule has 1 heterocycles. The normalized spacial score (nSPS) is 19.0. The zero-order valence-electron chi connectivity index (χ0n) is 13.8. The van der Waals surface area contributed by atoms with Gasteiger partial charge in [-0.15, -0.1) is 0 Å². The van der Waals surface area contributed by atoms with E-state index in [1.807, 2.05) is 6.92 Å². The summed E-state index contributed by atoms with van der Waals surface area (Å²) in [5.41, 5.74) is 0.537. The van der Waals surface area contributed by atoms with Crippen molar-refractivity contribution in [3.63, 3.8) is 0 Å². The summed E-state index contributed by atoms with van der Waals surface area (Å²) < 4.78 is 28.2. The lowest BCUT2D eigenvalue weighted by molar-refractivity contribution is -0.121. The topological polar surface area (TPSA) is 89.5 Å². The van der Waals surface area contributed by atoms with Gasteiger partial charge in [-0.25, -0.2) is 8.42 Å². The predicted molar refractivity (Wildman–Crippen MR) is 91.0 cm³/mol. The summed E-state index contributed by atoms with van der Waals surface area (Å²) in [6.07, 6.45) is 1.52. The van der Waals surface area contributed by atoms with E-state index in [-0.39, 0.29) is 42.1 Å². The lowest BCUT2D eigenvalue weighted by Gasteiger charge is -2.10. The zero-order chi connectivity index (χ0) is 17.6. The van der Waals surface area contributed by atoms with Gasteiger partial charge >= 0.3 is 0 Å². The Hall–Kier alpha value is -1.89. The number of hydrogen-bond donors (Lipinski definition) is 1. The number of nitrogens with one attached hydrogen (secondary N) is 1. The maximum absolute atomic E-state index is 12.1. The van der Waals surface area contributed by atoms with Crippen molar-refractivity contribution in [2.45, 2.75) is 38.6 Å². The molecular weight excluding hydrogens is 330 g/mol. The minimum absolute atomic E-state index is 0.00803. The van der Waals surface area contributed by atoms with Crippen LogP contribution in [-0.2, 0) is 14.6 Å².